The Morgan fingerprint density at radius 2 is 1.95 bits per heavy atom. The van der Waals surface area contributed by atoms with Crippen molar-refractivity contribution in [3.05, 3.63) is 0 Å². The number of aliphatic carboxylic acids is 1. The van der Waals surface area contributed by atoms with Crippen LogP contribution in [0, 0.1) is 0 Å². The zero-order valence-electron chi connectivity index (χ0n) is 13.2. The summed E-state index contributed by atoms with van der Waals surface area (Å²) < 4.78 is 6.13. The summed E-state index contributed by atoms with van der Waals surface area (Å²) >= 11 is 0. The second kappa shape index (κ2) is 6.02. The van der Waals surface area contributed by atoms with Crippen LogP contribution in [0.4, 0.5) is 0 Å². The van der Waals surface area contributed by atoms with Gasteiger partial charge in [0, 0.05) is 18.2 Å². The third-order valence-corrected chi connectivity index (χ3v) is 4.84. The fourth-order valence-electron chi connectivity index (χ4n) is 3.87. The third kappa shape index (κ3) is 3.73. The Balaban J connectivity index is 2.10. The molecule has 1 unspecified atom stereocenters. The average Bonchev–Trinajstić information content (AvgIpc) is 2.35. The van der Waals surface area contributed by atoms with Crippen molar-refractivity contribution in [3.63, 3.8) is 0 Å². The molecule has 1 aliphatic heterocycles. The number of ether oxygens (including phenoxy) is 1. The van der Waals surface area contributed by atoms with Crippen LogP contribution >= 0.6 is 0 Å². The lowest BCUT2D eigenvalue weighted by Crippen LogP contribution is -2.56. The number of carboxylic acids is 1. The number of carboxylic acid groups (broad SMARTS) is 1. The molecule has 0 aromatic carbocycles. The van der Waals surface area contributed by atoms with Crippen LogP contribution in [0.15, 0.2) is 0 Å². The second-order valence-corrected chi connectivity index (χ2v) is 7.43. The summed E-state index contributed by atoms with van der Waals surface area (Å²) in [5, 5.41) is 9.21. The monoisotopic (exact) mass is 283 g/mol. The van der Waals surface area contributed by atoms with Crippen molar-refractivity contribution < 1.29 is 14.6 Å². The van der Waals surface area contributed by atoms with Crippen LogP contribution in [0.5, 0.6) is 0 Å². The van der Waals surface area contributed by atoms with Crippen LogP contribution in [-0.4, -0.2) is 46.3 Å². The first-order valence-electron chi connectivity index (χ1n) is 7.95. The average molecular weight is 283 g/mol. The Bertz CT molecular complexity index is 337. The number of rotatable bonds is 3. The van der Waals surface area contributed by atoms with E-state index in [2.05, 4.69) is 25.7 Å². The lowest BCUT2D eigenvalue weighted by Gasteiger charge is -2.49. The summed E-state index contributed by atoms with van der Waals surface area (Å²) in [5.41, 5.74) is -0.0839. The highest BCUT2D eigenvalue weighted by Crippen LogP contribution is 2.40. The Kier molecular flexibility index (Phi) is 4.75. The molecular formula is C16H29NO3. The van der Waals surface area contributed by atoms with Crippen molar-refractivity contribution in [2.75, 3.05) is 13.2 Å². The molecule has 1 saturated heterocycles. The molecule has 1 aliphatic carbocycles. The third-order valence-electron chi connectivity index (χ3n) is 4.84. The van der Waals surface area contributed by atoms with Gasteiger partial charge in [-0.05, 0) is 46.5 Å². The summed E-state index contributed by atoms with van der Waals surface area (Å²) in [6, 6.07) is 0.331. The van der Waals surface area contributed by atoms with Gasteiger partial charge in [-0.3, -0.25) is 9.69 Å². The zero-order valence-corrected chi connectivity index (χ0v) is 13.2. The molecule has 0 radical (unpaired) electrons. The molecule has 116 valence electrons. The van der Waals surface area contributed by atoms with Crippen LogP contribution in [0.25, 0.3) is 0 Å². The molecule has 4 nitrogen and oxygen atoms in total. The van der Waals surface area contributed by atoms with E-state index >= 15 is 0 Å². The Morgan fingerprint density at radius 1 is 1.30 bits per heavy atom. The van der Waals surface area contributed by atoms with Crippen molar-refractivity contribution in [1.29, 1.82) is 0 Å². The van der Waals surface area contributed by atoms with E-state index in [-0.39, 0.29) is 17.7 Å². The van der Waals surface area contributed by atoms with Crippen LogP contribution in [0.1, 0.15) is 65.7 Å². The molecule has 0 aromatic rings. The minimum Gasteiger partial charge on any atom is -0.480 e. The predicted molar refractivity (Wildman–Crippen MR) is 78.9 cm³/mol. The van der Waals surface area contributed by atoms with Crippen molar-refractivity contribution >= 4 is 5.97 Å². The van der Waals surface area contributed by atoms with Gasteiger partial charge >= 0.3 is 5.97 Å². The molecule has 0 amide bonds. The summed E-state index contributed by atoms with van der Waals surface area (Å²) in [5.74, 6) is -0.732. The van der Waals surface area contributed by atoms with Gasteiger partial charge in [-0.15, -0.1) is 0 Å². The number of hydrogen-bond acceptors (Lipinski definition) is 3. The normalized spacial score (nSPS) is 26.9. The quantitative estimate of drug-likeness (QED) is 0.865. The topological polar surface area (TPSA) is 49.8 Å². The number of carbonyl (C=O) groups is 1. The molecule has 1 N–H and O–H groups in total. The van der Waals surface area contributed by atoms with Crippen LogP contribution < -0.4 is 0 Å². The minimum atomic E-state index is -0.732. The standard InChI is InChI=1S/C16H29NO3/c1-15(2,3)17(12-14(18)19)13-7-10-20-16(11-13)8-5-4-6-9-16/h13H,4-12H2,1-3H3,(H,18,19). The lowest BCUT2D eigenvalue weighted by atomic mass is 9.77. The fraction of sp³-hybridized carbons (Fsp3) is 0.938. The van der Waals surface area contributed by atoms with E-state index in [1.807, 2.05) is 0 Å². The van der Waals surface area contributed by atoms with Gasteiger partial charge < -0.3 is 9.84 Å². The van der Waals surface area contributed by atoms with E-state index in [0.29, 0.717) is 6.04 Å². The molecule has 0 bridgehead atoms. The predicted octanol–water partition coefficient (Wildman–Crippen LogP) is 3.05. The summed E-state index contributed by atoms with van der Waals surface area (Å²) in [4.78, 5) is 13.4. The largest absolute Gasteiger partial charge is 0.480 e. The first-order chi connectivity index (χ1) is 9.32. The highest BCUT2D eigenvalue weighted by atomic mass is 16.5. The fourth-order valence-corrected chi connectivity index (χ4v) is 3.87. The van der Waals surface area contributed by atoms with Crippen molar-refractivity contribution in [3.8, 4) is 0 Å². The van der Waals surface area contributed by atoms with Gasteiger partial charge in [0.1, 0.15) is 0 Å². The molecule has 20 heavy (non-hydrogen) atoms. The van der Waals surface area contributed by atoms with Gasteiger partial charge in [-0.1, -0.05) is 19.3 Å². The Hall–Kier alpha value is -0.610. The highest BCUT2D eigenvalue weighted by molar-refractivity contribution is 5.69. The second-order valence-electron chi connectivity index (χ2n) is 7.43. The van der Waals surface area contributed by atoms with E-state index in [1.54, 1.807) is 0 Å². The van der Waals surface area contributed by atoms with Crippen molar-refractivity contribution in [2.24, 2.45) is 0 Å². The highest BCUT2D eigenvalue weighted by Gasteiger charge is 2.42. The van der Waals surface area contributed by atoms with Gasteiger partial charge in [0.05, 0.1) is 12.1 Å². The van der Waals surface area contributed by atoms with Gasteiger partial charge in [0.25, 0.3) is 0 Å². The molecule has 0 aromatic heterocycles. The minimum absolute atomic E-state index is 0.0309. The zero-order chi connectivity index (χ0) is 14.8. The first kappa shape index (κ1) is 15.8. The van der Waals surface area contributed by atoms with E-state index < -0.39 is 5.97 Å². The van der Waals surface area contributed by atoms with Crippen LogP contribution in [-0.2, 0) is 9.53 Å². The van der Waals surface area contributed by atoms with Gasteiger partial charge in [-0.2, -0.15) is 0 Å². The molecule has 2 rings (SSSR count). The maximum atomic E-state index is 11.2. The Morgan fingerprint density at radius 3 is 2.50 bits per heavy atom. The SMILES string of the molecule is CC(C)(C)N(CC(=O)O)C1CCOC2(CCCCC2)C1. The van der Waals surface area contributed by atoms with E-state index in [9.17, 15) is 9.90 Å². The summed E-state index contributed by atoms with van der Waals surface area (Å²) in [7, 11) is 0. The van der Waals surface area contributed by atoms with Gasteiger partial charge in [0.15, 0.2) is 0 Å². The van der Waals surface area contributed by atoms with Crippen molar-refractivity contribution in [2.45, 2.75) is 82.9 Å². The molecule has 2 aliphatic rings. The first-order valence-corrected chi connectivity index (χ1v) is 7.95. The summed E-state index contributed by atoms with van der Waals surface area (Å²) in [6.07, 6.45) is 8.06. The number of hydrogen-bond donors (Lipinski definition) is 1. The molecule has 1 saturated carbocycles. The smallest absolute Gasteiger partial charge is 0.317 e. The molecule has 2 fully saturated rings. The van der Waals surface area contributed by atoms with Crippen molar-refractivity contribution in [1.82, 2.24) is 4.90 Å². The van der Waals surface area contributed by atoms with E-state index in [1.165, 1.54) is 19.3 Å². The molecule has 1 heterocycles. The molecule has 1 atom stereocenters. The van der Waals surface area contributed by atoms with Gasteiger partial charge in [0.2, 0.25) is 0 Å². The summed E-state index contributed by atoms with van der Waals surface area (Å²) in [6.45, 7) is 7.23. The Labute approximate surface area is 122 Å². The van der Waals surface area contributed by atoms with Crippen LogP contribution in [0.3, 0.4) is 0 Å². The molecule has 1 spiro atoms. The maximum Gasteiger partial charge on any atom is 0.317 e. The lowest BCUT2D eigenvalue weighted by molar-refractivity contribution is -0.150. The molecule has 4 heteroatoms. The van der Waals surface area contributed by atoms with Gasteiger partial charge in [-0.25, -0.2) is 0 Å². The van der Waals surface area contributed by atoms with E-state index in [0.717, 1.165) is 32.3 Å². The van der Waals surface area contributed by atoms with E-state index in [4.69, 9.17) is 4.74 Å². The van der Waals surface area contributed by atoms with Crippen LogP contribution in [0.2, 0.25) is 0 Å². The maximum absolute atomic E-state index is 11.2. The molecular weight excluding hydrogens is 254 g/mol. The number of nitrogens with zero attached hydrogens (tertiary/aromatic N) is 1.